The van der Waals surface area contributed by atoms with E-state index >= 15 is 0 Å². The van der Waals surface area contributed by atoms with Crippen LogP contribution in [0.1, 0.15) is 12.0 Å². The lowest BCUT2D eigenvalue weighted by Gasteiger charge is -2.10. The van der Waals surface area contributed by atoms with E-state index in [0.717, 1.165) is 5.56 Å². The topological polar surface area (TPSA) is 81.7 Å². The minimum Gasteiger partial charge on any atom is -0.493 e. The molecule has 26 heavy (non-hydrogen) atoms. The normalized spacial score (nSPS) is 11.0. The highest BCUT2D eigenvalue weighted by Gasteiger charge is 2.19. The molecule has 2 aromatic rings. The van der Waals surface area contributed by atoms with Crippen molar-refractivity contribution in [1.29, 1.82) is 0 Å². The molecule has 0 heterocycles. The number of methoxy groups -OCH3 is 2. The van der Waals surface area contributed by atoms with Crippen LogP contribution < -0.4 is 14.8 Å². The smallest absolute Gasteiger partial charge is 0.221 e. The molecule has 0 aliphatic rings. The van der Waals surface area contributed by atoms with Gasteiger partial charge in [-0.25, -0.2) is 8.42 Å². The van der Waals surface area contributed by atoms with E-state index in [2.05, 4.69) is 5.32 Å². The van der Waals surface area contributed by atoms with E-state index in [9.17, 15) is 13.2 Å². The highest BCUT2D eigenvalue weighted by molar-refractivity contribution is 7.91. The van der Waals surface area contributed by atoms with Gasteiger partial charge in [0.05, 0.1) is 24.9 Å². The minimum absolute atomic E-state index is 0.0778. The summed E-state index contributed by atoms with van der Waals surface area (Å²) in [7, 11) is -0.732. The maximum Gasteiger partial charge on any atom is 0.221 e. The van der Waals surface area contributed by atoms with Crippen molar-refractivity contribution in [2.45, 2.75) is 17.9 Å². The minimum atomic E-state index is -3.63. The first kappa shape index (κ1) is 20.1. The number of nitrogens with one attached hydrogen (secondary N) is 1. The predicted molar refractivity (Wildman–Crippen MR) is 99.5 cm³/mol. The van der Waals surface area contributed by atoms with Crippen molar-refractivity contribution in [2.75, 3.05) is 20.0 Å². The average molecular weight is 398 g/mol. The first-order valence-electron chi connectivity index (χ1n) is 7.82. The molecule has 0 aliphatic carbocycles. The fourth-order valence-electron chi connectivity index (χ4n) is 2.28. The highest BCUT2D eigenvalue weighted by atomic mass is 35.5. The van der Waals surface area contributed by atoms with Crippen LogP contribution in [0.3, 0.4) is 0 Å². The monoisotopic (exact) mass is 397 g/mol. The zero-order chi connectivity index (χ0) is 19.2. The Bertz CT molecular complexity index is 883. The molecule has 0 aliphatic heterocycles. The van der Waals surface area contributed by atoms with Gasteiger partial charge in [-0.05, 0) is 23.8 Å². The lowest BCUT2D eigenvalue weighted by atomic mass is 10.2. The van der Waals surface area contributed by atoms with Gasteiger partial charge in [-0.3, -0.25) is 4.79 Å². The number of carbonyl (C=O) groups is 1. The number of rotatable bonds is 8. The Morgan fingerprint density at radius 2 is 1.77 bits per heavy atom. The van der Waals surface area contributed by atoms with Crippen LogP contribution in [-0.4, -0.2) is 34.3 Å². The number of halogens is 1. The summed E-state index contributed by atoms with van der Waals surface area (Å²) in [6.07, 6.45) is -0.152. The number of hydrogen-bond acceptors (Lipinski definition) is 5. The molecule has 0 radical (unpaired) electrons. The summed E-state index contributed by atoms with van der Waals surface area (Å²) in [5.74, 6) is 0.0752. The van der Waals surface area contributed by atoms with Gasteiger partial charge in [0.15, 0.2) is 21.3 Å². The van der Waals surface area contributed by atoms with Crippen LogP contribution in [0.5, 0.6) is 11.5 Å². The lowest BCUT2D eigenvalue weighted by molar-refractivity contribution is -0.120. The molecule has 0 unspecified atom stereocenters. The Labute approximate surface area is 158 Å². The summed E-state index contributed by atoms with van der Waals surface area (Å²) in [6.45, 7) is 0.245. The van der Waals surface area contributed by atoms with Crippen molar-refractivity contribution in [1.82, 2.24) is 5.32 Å². The van der Waals surface area contributed by atoms with Gasteiger partial charge in [0, 0.05) is 24.1 Å². The zero-order valence-corrected chi connectivity index (χ0v) is 16.1. The second-order valence-corrected chi connectivity index (χ2v) is 7.97. The molecular weight excluding hydrogens is 378 g/mol. The van der Waals surface area contributed by atoms with Crippen molar-refractivity contribution in [2.24, 2.45) is 0 Å². The number of ether oxygens (including phenoxy) is 2. The summed E-state index contributed by atoms with van der Waals surface area (Å²) in [6, 6.07) is 11.5. The van der Waals surface area contributed by atoms with Crippen molar-refractivity contribution in [3.63, 3.8) is 0 Å². The Hall–Kier alpha value is -2.25. The number of benzene rings is 2. The summed E-state index contributed by atoms with van der Waals surface area (Å²) in [5, 5.41) is 3.22. The van der Waals surface area contributed by atoms with Gasteiger partial charge in [0.2, 0.25) is 5.91 Å². The lowest BCUT2D eigenvalue weighted by Crippen LogP contribution is -2.25. The van der Waals surface area contributed by atoms with Gasteiger partial charge in [0.25, 0.3) is 0 Å². The van der Waals surface area contributed by atoms with E-state index in [4.69, 9.17) is 21.1 Å². The summed E-state index contributed by atoms with van der Waals surface area (Å²) in [4.78, 5) is 12.0. The molecule has 2 rings (SSSR count). The van der Waals surface area contributed by atoms with E-state index in [0.29, 0.717) is 16.5 Å². The van der Waals surface area contributed by atoms with E-state index in [-0.39, 0.29) is 29.5 Å². The molecular formula is C18H20ClNO5S. The molecule has 0 saturated heterocycles. The first-order chi connectivity index (χ1) is 12.4. The SMILES string of the molecule is COc1ccc(S(=O)(=O)CCC(=O)NCc2ccccc2Cl)cc1OC. The average Bonchev–Trinajstić information content (AvgIpc) is 2.65. The molecule has 0 fully saturated rings. The third-order valence-electron chi connectivity index (χ3n) is 3.75. The van der Waals surface area contributed by atoms with Gasteiger partial charge in [-0.15, -0.1) is 0 Å². The van der Waals surface area contributed by atoms with Gasteiger partial charge in [0.1, 0.15) is 0 Å². The van der Waals surface area contributed by atoms with E-state index in [1.54, 1.807) is 18.2 Å². The van der Waals surface area contributed by atoms with Crippen LogP contribution in [0, 0.1) is 0 Å². The molecule has 0 bridgehead atoms. The maximum atomic E-state index is 12.4. The largest absolute Gasteiger partial charge is 0.493 e. The molecule has 6 nitrogen and oxygen atoms in total. The molecule has 0 saturated carbocycles. The number of hydrogen-bond donors (Lipinski definition) is 1. The van der Waals surface area contributed by atoms with Crippen molar-refractivity contribution < 1.29 is 22.7 Å². The molecule has 0 atom stereocenters. The Balaban J connectivity index is 1.97. The van der Waals surface area contributed by atoms with Crippen LogP contribution >= 0.6 is 11.6 Å². The molecule has 1 N–H and O–H groups in total. The van der Waals surface area contributed by atoms with Gasteiger partial charge >= 0.3 is 0 Å². The van der Waals surface area contributed by atoms with Crippen LogP contribution in [0.2, 0.25) is 5.02 Å². The standard InChI is InChI=1S/C18H20ClNO5S/c1-24-16-8-7-14(11-17(16)25-2)26(22,23)10-9-18(21)20-12-13-5-3-4-6-15(13)19/h3-8,11H,9-10,12H2,1-2H3,(H,20,21). The van der Waals surface area contributed by atoms with Crippen molar-refractivity contribution in [3.8, 4) is 11.5 Å². The molecule has 1 amide bonds. The molecule has 140 valence electrons. The summed E-state index contributed by atoms with van der Waals surface area (Å²) < 4.78 is 35.1. The summed E-state index contributed by atoms with van der Waals surface area (Å²) in [5.41, 5.74) is 0.769. The molecule has 0 aromatic heterocycles. The number of carbonyl (C=O) groups excluding carboxylic acids is 1. The molecule has 8 heteroatoms. The Morgan fingerprint density at radius 1 is 1.08 bits per heavy atom. The highest BCUT2D eigenvalue weighted by Crippen LogP contribution is 2.29. The third kappa shape index (κ3) is 5.12. The quantitative estimate of drug-likeness (QED) is 0.740. The number of amides is 1. The van der Waals surface area contributed by atoms with Gasteiger partial charge in [-0.2, -0.15) is 0 Å². The first-order valence-corrected chi connectivity index (χ1v) is 9.85. The second kappa shape index (κ2) is 8.91. The fourth-order valence-corrected chi connectivity index (χ4v) is 3.73. The van der Waals surface area contributed by atoms with Gasteiger partial charge in [-0.1, -0.05) is 29.8 Å². The fraction of sp³-hybridized carbons (Fsp3) is 0.278. The van der Waals surface area contributed by atoms with E-state index < -0.39 is 9.84 Å². The predicted octanol–water partition coefficient (Wildman–Crippen LogP) is 2.84. The summed E-state index contributed by atoms with van der Waals surface area (Å²) >= 11 is 6.02. The van der Waals surface area contributed by atoms with Gasteiger partial charge < -0.3 is 14.8 Å². The van der Waals surface area contributed by atoms with Crippen molar-refractivity contribution in [3.05, 3.63) is 53.1 Å². The van der Waals surface area contributed by atoms with Crippen molar-refractivity contribution >= 4 is 27.3 Å². The van der Waals surface area contributed by atoms with E-state index in [1.807, 2.05) is 6.07 Å². The third-order valence-corrected chi connectivity index (χ3v) is 5.83. The van der Waals surface area contributed by atoms with E-state index in [1.165, 1.54) is 32.4 Å². The van der Waals surface area contributed by atoms with Crippen LogP contribution in [0.25, 0.3) is 0 Å². The maximum absolute atomic E-state index is 12.4. The second-order valence-electron chi connectivity index (χ2n) is 5.45. The van der Waals surface area contributed by atoms with Crippen LogP contribution in [-0.2, 0) is 21.2 Å². The number of sulfone groups is 1. The Morgan fingerprint density at radius 3 is 2.42 bits per heavy atom. The molecule has 0 spiro atoms. The Kier molecular flexibility index (Phi) is 6.88. The van der Waals surface area contributed by atoms with Crippen LogP contribution in [0.4, 0.5) is 0 Å². The zero-order valence-electron chi connectivity index (χ0n) is 14.5. The molecule has 2 aromatic carbocycles. The van der Waals surface area contributed by atoms with Crippen LogP contribution in [0.15, 0.2) is 47.4 Å².